The molecular formula is C13H25NO2. The third-order valence-corrected chi connectivity index (χ3v) is 3.33. The van der Waals surface area contributed by atoms with Crippen molar-refractivity contribution in [2.45, 2.75) is 39.0 Å². The van der Waals surface area contributed by atoms with E-state index in [1.807, 2.05) is 0 Å². The van der Waals surface area contributed by atoms with E-state index in [1.54, 1.807) is 0 Å². The summed E-state index contributed by atoms with van der Waals surface area (Å²) in [6, 6.07) is 0. The van der Waals surface area contributed by atoms with Gasteiger partial charge in [-0.1, -0.05) is 19.8 Å². The molecule has 1 atom stereocenters. The highest BCUT2D eigenvalue weighted by atomic mass is 16.5. The van der Waals surface area contributed by atoms with Crippen molar-refractivity contribution in [2.75, 3.05) is 33.4 Å². The van der Waals surface area contributed by atoms with Gasteiger partial charge in [-0.2, -0.15) is 0 Å². The number of carbonyl (C=O) groups is 1. The predicted molar refractivity (Wildman–Crippen MR) is 65.6 cm³/mol. The molecule has 0 N–H and O–H groups in total. The normalized spacial score (nSPS) is 25.9. The molecule has 0 aromatic carbocycles. The molecule has 1 unspecified atom stereocenters. The Kier molecular flexibility index (Phi) is 5.99. The number of unbranched alkanes of at least 4 members (excludes halogenated alkanes) is 2. The molecule has 0 radical (unpaired) electrons. The Morgan fingerprint density at radius 1 is 1.44 bits per heavy atom. The SMILES string of the molecule is CCCCCN(C)CC1(C=O)CCCOC1. The third kappa shape index (κ3) is 4.22. The third-order valence-electron chi connectivity index (χ3n) is 3.33. The standard InChI is InChI=1S/C13H25NO2/c1-3-4-5-8-14(2)10-13(11-15)7-6-9-16-12-13/h11H,3-10,12H2,1-2H3. The zero-order chi connectivity index (χ0) is 11.9. The van der Waals surface area contributed by atoms with Crippen molar-refractivity contribution in [1.29, 1.82) is 0 Å². The summed E-state index contributed by atoms with van der Waals surface area (Å²) in [7, 11) is 2.11. The van der Waals surface area contributed by atoms with Crippen LogP contribution in [0, 0.1) is 5.41 Å². The first-order valence-corrected chi connectivity index (χ1v) is 6.45. The lowest BCUT2D eigenvalue weighted by Gasteiger charge is -2.35. The van der Waals surface area contributed by atoms with Crippen LogP contribution >= 0.6 is 0 Å². The Hall–Kier alpha value is -0.410. The van der Waals surface area contributed by atoms with Crippen LogP contribution in [0.3, 0.4) is 0 Å². The maximum absolute atomic E-state index is 11.2. The second-order valence-electron chi connectivity index (χ2n) is 5.08. The molecule has 0 saturated carbocycles. The topological polar surface area (TPSA) is 29.5 Å². The van der Waals surface area contributed by atoms with Gasteiger partial charge in [0.2, 0.25) is 0 Å². The quantitative estimate of drug-likeness (QED) is 0.493. The molecule has 3 nitrogen and oxygen atoms in total. The number of rotatable bonds is 7. The van der Waals surface area contributed by atoms with E-state index in [0.717, 1.165) is 38.8 Å². The summed E-state index contributed by atoms with van der Waals surface area (Å²) in [5.74, 6) is 0. The van der Waals surface area contributed by atoms with Gasteiger partial charge >= 0.3 is 0 Å². The highest BCUT2D eigenvalue weighted by Gasteiger charge is 2.33. The molecule has 94 valence electrons. The molecule has 0 aromatic heterocycles. The molecule has 3 heteroatoms. The van der Waals surface area contributed by atoms with Gasteiger partial charge in [-0.3, -0.25) is 0 Å². The summed E-state index contributed by atoms with van der Waals surface area (Å²) in [6.45, 7) is 5.56. The average Bonchev–Trinajstić information content (AvgIpc) is 2.30. The number of aldehydes is 1. The molecule has 1 aliphatic rings. The molecular weight excluding hydrogens is 202 g/mol. The van der Waals surface area contributed by atoms with E-state index in [4.69, 9.17) is 4.74 Å². The van der Waals surface area contributed by atoms with E-state index >= 15 is 0 Å². The van der Waals surface area contributed by atoms with Crippen LogP contribution < -0.4 is 0 Å². The van der Waals surface area contributed by atoms with Gasteiger partial charge in [0.1, 0.15) is 6.29 Å². The van der Waals surface area contributed by atoms with Crippen molar-refractivity contribution < 1.29 is 9.53 Å². The number of nitrogens with zero attached hydrogens (tertiary/aromatic N) is 1. The van der Waals surface area contributed by atoms with Crippen molar-refractivity contribution in [3.8, 4) is 0 Å². The zero-order valence-corrected chi connectivity index (χ0v) is 10.7. The van der Waals surface area contributed by atoms with Crippen LogP contribution in [0.5, 0.6) is 0 Å². The average molecular weight is 227 g/mol. The zero-order valence-electron chi connectivity index (χ0n) is 10.7. The van der Waals surface area contributed by atoms with Crippen LogP contribution in [0.15, 0.2) is 0 Å². The van der Waals surface area contributed by atoms with Crippen LogP contribution in [0.2, 0.25) is 0 Å². The molecule has 0 amide bonds. The minimum Gasteiger partial charge on any atom is -0.380 e. The molecule has 1 rings (SSSR count). The first-order valence-electron chi connectivity index (χ1n) is 6.45. The molecule has 0 aliphatic carbocycles. The van der Waals surface area contributed by atoms with E-state index in [2.05, 4.69) is 18.9 Å². The minimum atomic E-state index is -0.237. The number of hydrogen-bond acceptors (Lipinski definition) is 3. The summed E-state index contributed by atoms with van der Waals surface area (Å²) >= 11 is 0. The summed E-state index contributed by atoms with van der Waals surface area (Å²) in [6.07, 6.45) is 6.85. The molecule has 1 heterocycles. The Morgan fingerprint density at radius 3 is 2.81 bits per heavy atom. The fraction of sp³-hybridized carbons (Fsp3) is 0.923. The molecule has 16 heavy (non-hydrogen) atoms. The largest absolute Gasteiger partial charge is 0.380 e. The monoisotopic (exact) mass is 227 g/mol. The first-order chi connectivity index (χ1) is 7.72. The summed E-state index contributed by atoms with van der Waals surface area (Å²) in [5.41, 5.74) is -0.237. The second kappa shape index (κ2) is 7.02. The maximum atomic E-state index is 11.2. The predicted octanol–water partition coefficient (Wildman–Crippen LogP) is 2.10. The van der Waals surface area contributed by atoms with E-state index in [-0.39, 0.29) is 5.41 Å². The minimum absolute atomic E-state index is 0.237. The van der Waals surface area contributed by atoms with Crippen molar-refractivity contribution in [1.82, 2.24) is 4.90 Å². The van der Waals surface area contributed by atoms with Gasteiger partial charge in [0.15, 0.2) is 0 Å². The van der Waals surface area contributed by atoms with Crippen LogP contribution in [0.25, 0.3) is 0 Å². The van der Waals surface area contributed by atoms with Gasteiger partial charge in [-0.25, -0.2) is 0 Å². The van der Waals surface area contributed by atoms with E-state index in [9.17, 15) is 4.79 Å². The van der Waals surface area contributed by atoms with Crippen LogP contribution in [0.4, 0.5) is 0 Å². The Bertz CT molecular complexity index is 200. The van der Waals surface area contributed by atoms with E-state index in [0.29, 0.717) is 6.61 Å². The summed E-state index contributed by atoms with van der Waals surface area (Å²) in [5, 5.41) is 0. The molecule has 1 saturated heterocycles. The first kappa shape index (κ1) is 13.7. The Morgan fingerprint density at radius 2 is 2.25 bits per heavy atom. The van der Waals surface area contributed by atoms with Crippen molar-refractivity contribution >= 4 is 6.29 Å². The van der Waals surface area contributed by atoms with Gasteiger partial charge in [-0.05, 0) is 32.9 Å². The molecule has 1 fully saturated rings. The van der Waals surface area contributed by atoms with Crippen molar-refractivity contribution in [3.63, 3.8) is 0 Å². The van der Waals surface area contributed by atoms with Gasteiger partial charge in [0.05, 0.1) is 12.0 Å². The molecule has 0 spiro atoms. The van der Waals surface area contributed by atoms with Crippen molar-refractivity contribution in [3.05, 3.63) is 0 Å². The summed E-state index contributed by atoms with van der Waals surface area (Å²) in [4.78, 5) is 13.5. The van der Waals surface area contributed by atoms with Gasteiger partial charge in [-0.15, -0.1) is 0 Å². The van der Waals surface area contributed by atoms with Crippen LogP contribution in [-0.2, 0) is 9.53 Å². The number of ether oxygens (including phenoxy) is 1. The number of hydrogen-bond donors (Lipinski definition) is 0. The van der Waals surface area contributed by atoms with Gasteiger partial charge in [0.25, 0.3) is 0 Å². The lowest BCUT2D eigenvalue weighted by molar-refractivity contribution is -0.125. The smallest absolute Gasteiger partial charge is 0.129 e. The highest BCUT2D eigenvalue weighted by molar-refractivity contribution is 5.60. The molecule has 1 aliphatic heterocycles. The van der Waals surface area contributed by atoms with Crippen LogP contribution in [0.1, 0.15) is 39.0 Å². The summed E-state index contributed by atoms with van der Waals surface area (Å²) < 4.78 is 5.44. The van der Waals surface area contributed by atoms with E-state index in [1.165, 1.54) is 19.3 Å². The maximum Gasteiger partial charge on any atom is 0.129 e. The lowest BCUT2D eigenvalue weighted by Crippen LogP contribution is -2.43. The lowest BCUT2D eigenvalue weighted by atomic mass is 9.83. The fourth-order valence-corrected chi connectivity index (χ4v) is 2.38. The Balaban J connectivity index is 2.33. The highest BCUT2D eigenvalue weighted by Crippen LogP contribution is 2.27. The van der Waals surface area contributed by atoms with E-state index < -0.39 is 0 Å². The number of carbonyl (C=O) groups excluding carboxylic acids is 1. The molecule has 0 bridgehead atoms. The van der Waals surface area contributed by atoms with Crippen molar-refractivity contribution in [2.24, 2.45) is 5.41 Å². The van der Waals surface area contributed by atoms with Crippen LogP contribution in [-0.4, -0.2) is 44.5 Å². The van der Waals surface area contributed by atoms with Gasteiger partial charge in [0, 0.05) is 13.2 Å². The fourth-order valence-electron chi connectivity index (χ4n) is 2.38. The Labute approximate surface area is 99.1 Å². The van der Waals surface area contributed by atoms with Gasteiger partial charge < -0.3 is 14.4 Å². The second-order valence-corrected chi connectivity index (χ2v) is 5.08. The molecule has 0 aromatic rings.